The van der Waals surface area contributed by atoms with E-state index >= 15 is 0 Å². The van der Waals surface area contributed by atoms with E-state index in [1.165, 1.54) is 11.3 Å². The van der Waals surface area contributed by atoms with Crippen LogP contribution in [0.15, 0.2) is 36.5 Å². The van der Waals surface area contributed by atoms with E-state index in [1.54, 1.807) is 6.20 Å². The van der Waals surface area contributed by atoms with Crippen LogP contribution in [-0.4, -0.2) is 34.8 Å². The number of carbonyl (C=O) groups is 2. The lowest BCUT2D eigenvalue weighted by Gasteiger charge is -2.31. The molecule has 1 aliphatic rings. The Hall–Kier alpha value is -2.21. The Labute approximate surface area is 145 Å². The molecule has 1 aromatic heterocycles. The van der Waals surface area contributed by atoms with Crippen LogP contribution < -0.4 is 5.32 Å². The van der Waals surface area contributed by atoms with Gasteiger partial charge in [0.05, 0.1) is 0 Å². The monoisotopic (exact) mass is 343 g/mol. The van der Waals surface area contributed by atoms with Crippen LogP contribution in [0.5, 0.6) is 0 Å². The predicted octanol–water partition coefficient (Wildman–Crippen LogP) is 3.20. The number of likely N-dealkylation sites (tertiary alicyclic amines) is 1. The van der Waals surface area contributed by atoms with Gasteiger partial charge in [-0.2, -0.15) is 0 Å². The molecule has 1 aromatic carbocycles. The standard InChI is InChI=1S/C18H21N3O2S/c1-2-15-12-19-18(24-15)20-16(22)13-8-10-21(11-9-13)17(23)14-6-4-3-5-7-14/h3-7,12-13H,2,8-11H2,1H3,(H,19,20,22). The Kier molecular flexibility index (Phi) is 5.25. The van der Waals surface area contributed by atoms with Crippen molar-refractivity contribution in [2.45, 2.75) is 26.2 Å². The number of hydrogen-bond donors (Lipinski definition) is 1. The van der Waals surface area contributed by atoms with Crippen LogP contribution in [-0.2, 0) is 11.2 Å². The largest absolute Gasteiger partial charge is 0.339 e. The zero-order valence-corrected chi connectivity index (χ0v) is 14.5. The SMILES string of the molecule is CCc1cnc(NC(=O)C2CCN(C(=O)c3ccccc3)CC2)s1. The summed E-state index contributed by atoms with van der Waals surface area (Å²) in [6.07, 6.45) is 4.11. The van der Waals surface area contributed by atoms with Gasteiger partial charge in [0.1, 0.15) is 0 Å². The van der Waals surface area contributed by atoms with Crippen molar-refractivity contribution in [3.8, 4) is 0 Å². The summed E-state index contributed by atoms with van der Waals surface area (Å²) in [5.41, 5.74) is 0.704. The van der Waals surface area contributed by atoms with Gasteiger partial charge >= 0.3 is 0 Å². The van der Waals surface area contributed by atoms with E-state index in [0.717, 1.165) is 11.3 Å². The molecule has 0 spiro atoms. The summed E-state index contributed by atoms with van der Waals surface area (Å²) in [7, 11) is 0. The lowest BCUT2D eigenvalue weighted by Crippen LogP contribution is -2.41. The number of nitrogens with one attached hydrogen (secondary N) is 1. The maximum atomic E-state index is 12.4. The normalized spacial score (nSPS) is 15.3. The molecule has 5 nitrogen and oxygen atoms in total. The number of amides is 2. The molecule has 1 aliphatic heterocycles. The highest BCUT2D eigenvalue weighted by Crippen LogP contribution is 2.23. The Bertz CT molecular complexity index is 706. The van der Waals surface area contributed by atoms with E-state index in [9.17, 15) is 9.59 Å². The molecule has 2 amide bonds. The van der Waals surface area contributed by atoms with Crippen LogP contribution in [0.3, 0.4) is 0 Å². The zero-order valence-electron chi connectivity index (χ0n) is 13.7. The molecule has 2 aromatic rings. The van der Waals surface area contributed by atoms with Gasteiger partial charge in [0.25, 0.3) is 5.91 Å². The van der Waals surface area contributed by atoms with Crippen LogP contribution in [0.1, 0.15) is 35.0 Å². The van der Waals surface area contributed by atoms with Crippen LogP contribution in [0.2, 0.25) is 0 Å². The lowest BCUT2D eigenvalue weighted by atomic mass is 9.95. The third-order valence-corrected chi connectivity index (χ3v) is 5.36. The summed E-state index contributed by atoms with van der Waals surface area (Å²) in [6.45, 7) is 3.30. The molecule has 0 unspecified atom stereocenters. The molecular formula is C18H21N3O2S. The Morgan fingerprint density at radius 3 is 2.58 bits per heavy atom. The van der Waals surface area contributed by atoms with Crippen molar-refractivity contribution in [3.63, 3.8) is 0 Å². The van der Waals surface area contributed by atoms with Crippen molar-refractivity contribution in [3.05, 3.63) is 47.0 Å². The van der Waals surface area contributed by atoms with E-state index < -0.39 is 0 Å². The second-order valence-corrected chi connectivity index (χ2v) is 7.02. The predicted molar refractivity (Wildman–Crippen MR) is 95.2 cm³/mol. The molecule has 2 heterocycles. The molecule has 0 bridgehead atoms. The summed E-state index contributed by atoms with van der Waals surface area (Å²) in [5.74, 6) is -0.000387. The van der Waals surface area contributed by atoms with Crippen LogP contribution in [0, 0.1) is 5.92 Å². The molecule has 0 atom stereocenters. The third kappa shape index (κ3) is 3.82. The fourth-order valence-electron chi connectivity index (χ4n) is 2.84. The van der Waals surface area contributed by atoms with Gasteiger partial charge < -0.3 is 10.2 Å². The summed E-state index contributed by atoms with van der Waals surface area (Å²) < 4.78 is 0. The number of rotatable bonds is 4. The molecule has 0 saturated carbocycles. The van der Waals surface area contributed by atoms with Crippen molar-refractivity contribution in [2.24, 2.45) is 5.92 Å². The summed E-state index contributed by atoms with van der Waals surface area (Å²) in [4.78, 5) is 32.0. The molecule has 3 rings (SSSR count). The van der Waals surface area contributed by atoms with Crippen molar-refractivity contribution < 1.29 is 9.59 Å². The van der Waals surface area contributed by atoms with E-state index in [2.05, 4.69) is 17.2 Å². The number of aromatic nitrogens is 1. The Morgan fingerprint density at radius 1 is 1.25 bits per heavy atom. The number of hydrogen-bond acceptors (Lipinski definition) is 4. The highest BCUT2D eigenvalue weighted by molar-refractivity contribution is 7.15. The van der Waals surface area contributed by atoms with E-state index in [-0.39, 0.29) is 17.7 Å². The van der Waals surface area contributed by atoms with Gasteiger partial charge in [-0.05, 0) is 31.4 Å². The molecule has 6 heteroatoms. The maximum absolute atomic E-state index is 12.4. The summed E-state index contributed by atoms with van der Waals surface area (Å²) in [6, 6.07) is 9.29. The van der Waals surface area contributed by atoms with E-state index in [4.69, 9.17) is 0 Å². The van der Waals surface area contributed by atoms with Gasteiger partial charge in [-0.25, -0.2) is 4.98 Å². The average Bonchev–Trinajstić information content (AvgIpc) is 3.09. The first-order valence-electron chi connectivity index (χ1n) is 8.27. The van der Waals surface area contributed by atoms with E-state index in [1.807, 2.05) is 35.2 Å². The minimum Gasteiger partial charge on any atom is -0.339 e. The average molecular weight is 343 g/mol. The van der Waals surface area contributed by atoms with Crippen LogP contribution >= 0.6 is 11.3 Å². The van der Waals surface area contributed by atoms with Gasteiger partial charge in [0, 0.05) is 35.6 Å². The number of carbonyl (C=O) groups excluding carboxylic acids is 2. The quantitative estimate of drug-likeness (QED) is 0.927. The second kappa shape index (κ2) is 7.57. The van der Waals surface area contributed by atoms with Gasteiger partial charge in [0.15, 0.2) is 5.13 Å². The van der Waals surface area contributed by atoms with Gasteiger partial charge in [0.2, 0.25) is 5.91 Å². The zero-order chi connectivity index (χ0) is 16.9. The number of piperidine rings is 1. The highest BCUT2D eigenvalue weighted by atomic mass is 32.1. The summed E-state index contributed by atoms with van der Waals surface area (Å²) in [5, 5.41) is 3.57. The molecule has 24 heavy (non-hydrogen) atoms. The summed E-state index contributed by atoms with van der Waals surface area (Å²) >= 11 is 1.52. The smallest absolute Gasteiger partial charge is 0.253 e. The fraction of sp³-hybridized carbons (Fsp3) is 0.389. The molecule has 126 valence electrons. The van der Waals surface area contributed by atoms with Crippen molar-refractivity contribution in [1.82, 2.24) is 9.88 Å². The van der Waals surface area contributed by atoms with Gasteiger partial charge in [-0.3, -0.25) is 9.59 Å². The number of benzene rings is 1. The minimum absolute atomic E-state index is 0.0128. The lowest BCUT2D eigenvalue weighted by molar-refractivity contribution is -0.121. The molecule has 0 radical (unpaired) electrons. The van der Waals surface area contributed by atoms with Gasteiger partial charge in [-0.15, -0.1) is 11.3 Å². The molecule has 1 fully saturated rings. The van der Waals surface area contributed by atoms with Crippen molar-refractivity contribution in [1.29, 1.82) is 0 Å². The first-order valence-corrected chi connectivity index (χ1v) is 9.09. The van der Waals surface area contributed by atoms with Crippen LogP contribution in [0.25, 0.3) is 0 Å². The second-order valence-electron chi connectivity index (χ2n) is 5.91. The highest BCUT2D eigenvalue weighted by Gasteiger charge is 2.28. The van der Waals surface area contributed by atoms with Gasteiger partial charge in [-0.1, -0.05) is 25.1 Å². The molecular weight excluding hydrogens is 322 g/mol. The Morgan fingerprint density at radius 2 is 1.96 bits per heavy atom. The topological polar surface area (TPSA) is 62.3 Å². The first-order chi connectivity index (χ1) is 11.7. The maximum Gasteiger partial charge on any atom is 0.253 e. The first kappa shape index (κ1) is 16.6. The van der Waals surface area contributed by atoms with Crippen molar-refractivity contribution >= 4 is 28.3 Å². The minimum atomic E-state index is -0.0567. The molecule has 1 N–H and O–H groups in total. The number of aryl methyl sites for hydroxylation is 1. The number of nitrogens with zero attached hydrogens (tertiary/aromatic N) is 2. The number of thiazole rings is 1. The molecule has 1 saturated heterocycles. The third-order valence-electron chi connectivity index (χ3n) is 4.31. The van der Waals surface area contributed by atoms with Crippen molar-refractivity contribution in [2.75, 3.05) is 18.4 Å². The Balaban J connectivity index is 1.53. The number of anilines is 1. The van der Waals surface area contributed by atoms with Crippen LogP contribution in [0.4, 0.5) is 5.13 Å². The molecule has 0 aliphatic carbocycles. The fourth-order valence-corrected chi connectivity index (χ4v) is 3.60. The van der Waals surface area contributed by atoms with E-state index in [0.29, 0.717) is 36.6 Å².